The van der Waals surface area contributed by atoms with E-state index in [1.54, 1.807) is 25.3 Å². The van der Waals surface area contributed by atoms with Crippen LogP contribution in [0.3, 0.4) is 0 Å². The van der Waals surface area contributed by atoms with E-state index in [0.29, 0.717) is 18.0 Å². The zero-order chi connectivity index (χ0) is 18.4. The maximum Gasteiger partial charge on any atom is 0.296 e. The molecule has 0 aliphatic heterocycles. The molecule has 0 atom stereocenters. The van der Waals surface area contributed by atoms with Crippen LogP contribution >= 0.6 is 0 Å². The number of nitrogens with zero attached hydrogens (tertiary/aromatic N) is 3. The fraction of sp³-hybridized carbons (Fsp3) is 0.368. The summed E-state index contributed by atoms with van der Waals surface area (Å²) in [5.41, 5.74) is 1.09. The topological polar surface area (TPSA) is 86.3 Å². The maximum atomic E-state index is 11.0. The molecule has 0 N–H and O–H groups in total. The molecule has 7 heteroatoms. The summed E-state index contributed by atoms with van der Waals surface area (Å²) in [6, 6.07) is 11.9. The second kappa shape index (κ2) is 8.42. The predicted octanol–water partition coefficient (Wildman–Crippen LogP) is 5.21. The summed E-state index contributed by atoms with van der Waals surface area (Å²) in [6.07, 6.45) is 4.73. The Balaban J connectivity index is 1.72. The van der Waals surface area contributed by atoms with Crippen molar-refractivity contribution >= 4 is 11.4 Å². The molecule has 0 radical (unpaired) electrons. The van der Waals surface area contributed by atoms with Crippen molar-refractivity contribution < 1.29 is 14.4 Å². The molecule has 1 fully saturated rings. The number of methoxy groups -OCH3 is 1. The lowest BCUT2D eigenvalue weighted by Crippen LogP contribution is -2.11. The van der Waals surface area contributed by atoms with Crippen molar-refractivity contribution in [3.8, 4) is 11.5 Å². The third-order valence-corrected chi connectivity index (χ3v) is 4.33. The first-order chi connectivity index (χ1) is 12.7. The predicted molar refractivity (Wildman–Crippen MR) is 97.2 cm³/mol. The zero-order valence-electron chi connectivity index (χ0n) is 14.6. The molecule has 0 amide bonds. The minimum absolute atomic E-state index is 0.0590. The first kappa shape index (κ1) is 17.8. The number of nitro groups is 1. The smallest absolute Gasteiger partial charge is 0.296 e. The molecule has 0 spiro atoms. The summed E-state index contributed by atoms with van der Waals surface area (Å²) in [5, 5.41) is 19.1. The molecule has 136 valence electrons. The first-order valence-corrected chi connectivity index (χ1v) is 8.62. The highest BCUT2D eigenvalue weighted by Gasteiger charge is 2.18. The fourth-order valence-electron chi connectivity index (χ4n) is 2.99. The highest BCUT2D eigenvalue weighted by Crippen LogP contribution is 2.33. The van der Waals surface area contributed by atoms with Gasteiger partial charge in [0.1, 0.15) is 0 Å². The molecule has 1 aliphatic rings. The van der Waals surface area contributed by atoms with Gasteiger partial charge in [0.2, 0.25) is 0 Å². The summed E-state index contributed by atoms with van der Waals surface area (Å²) in [5.74, 6) is 1.40. The minimum Gasteiger partial charge on any atom is -0.493 e. The van der Waals surface area contributed by atoms with E-state index in [-0.39, 0.29) is 17.5 Å². The van der Waals surface area contributed by atoms with Crippen LogP contribution in [0.5, 0.6) is 11.5 Å². The standard InChI is InChI=1S/C19H21N3O4/c1-25-18-11-10-14(12-19(18)26-15-6-2-3-7-15)13-20-21-16-8-4-5-9-17(16)22(23)24/h4-5,8-12,15H,2-3,6-7,13H2,1H3. The number of nitro benzene ring substituents is 1. The van der Waals surface area contributed by atoms with E-state index in [1.807, 2.05) is 18.2 Å². The van der Waals surface area contributed by atoms with E-state index in [9.17, 15) is 10.1 Å². The van der Waals surface area contributed by atoms with Gasteiger partial charge in [-0.1, -0.05) is 18.2 Å². The van der Waals surface area contributed by atoms with E-state index >= 15 is 0 Å². The van der Waals surface area contributed by atoms with Gasteiger partial charge in [-0.2, -0.15) is 5.11 Å². The summed E-state index contributed by atoms with van der Waals surface area (Å²) < 4.78 is 11.4. The number of rotatable bonds is 7. The van der Waals surface area contributed by atoms with Crippen molar-refractivity contribution in [2.24, 2.45) is 10.2 Å². The molecule has 0 aromatic heterocycles. The summed E-state index contributed by atoms with van der Waals surface area (Å²) >= 11 is 0. The molecule has 1 saturated carbocycles. The summed E-state index contributed by atoms with van der Waals surface area (Å²) in [6.45, 7) is 0.303. The molecule has 26 heavy (non-hydrogen) atoms. The molecule has 0 unspecified atom stereocenters. The van der Waals surface area contributed by atoms with Crippen molar-refractivity contribution in [3.63, 3.8) is 0 Å². The van der Waals surface area contributed by atoms with Crippen LogP contribution < -0.4 is 9.47 Å². The Kier molecular flexibility index (Phi) is 5.78. The average Bonchev–Trinajstić information content (AvgIpc) is 3.15. The molecule has 2 aromatic rings. The number of hydrogen-bond acceptors (Lipinski definition) is 6. The van der Waals surface area contributed by atoms with Gasteiger partial charge in [0, 0.05) is 6.07 Å². The quantitative estimate of drug-likeness (QED) is 0.387. The number of ether oxygens (including phenoxy) is 2. The van der Waals surface area contributed by atoms with E-state index in [4.69, 9.17) is 9.47 Å². The van der Waals surface area contributed by atoms with Crippen molar-refractivity contribution in [2.75, 3.05) is 7.11 Å². The van der Waals surface area contributed by atoms with E-state index in [0.717, 1.165) is 18.4 Å². The van der Waals surface area contributed by atoms with Gasteiger partial charge in [0.15, 0.2) is 17.2 Å². The maximum absolute atomic E-state index is 11.0. The summed E-state index contributed by atoms with van der Waals surface area (Å²) in [7, 11) is 1.62. The molecular formula is C19H21N3O4. The largest absolute Gasteiger partial charge is 0.493 e. The van der Waals surface area contributed by atoms with Crippen molar-refractivity contribution in [3.05, 3.63) is 58.1 Å². The summed E-state index contributed by atoms with van der Waals surface area (Å²) in [4.78, 5) is 10.5. The number of para-hydroxylation sites is 1. The van der Waals surface area contributed by atoms with Crippen LogP contribution in [0.1, 0.15) is 31.2 Å². The van der Waals surface area contributed by atoms with Gasteiger partial charge >= 0.3 is 0 Å². The van der Waals surface area contributed by atoms with Gasteiger partial charge in [-0.05, 0) is 49.4 Å². The van der Waals surface area contributed by atoms with Gasteiger partial charge in [0.25, 0.3) is 5.69 Å². The van der Waals surface area contributed by atoms with Crippen LogP contribution in [-0.2, 0) is 6.54 Å². The molecule has 2 aromatic carbocycles. The lowest BCUT2D eigenvalue weighted by atomic mass is 10.2. The van der Waals surface area contributed by atoms with Gasteiger partial charge < -0.3 is 9.47 Å². The average molecular weight is 355 g/mol. The Labute approximate surface area is 151 Å². The molecule has 0 bridgehead atoms. The lowest BCUT2D eigenvalue weighted by molar-refractivity contribution is -0.384. The van der Waals surface area contributed by atoms with Crippen LogP contribution in [0.25, 0.3) is 0 Å². The molecule has 3 rings (SSSR count). The molecular weight excluding hydrogens is 334 g/mol. The van der Waals surface area contributed by atoms with Crippen LogP contribution in [-0.4, -0.2) is 18.1 Å². The number of azo groups is 1. The van der Waals surface area contributed by atoms with Crippen LogP contribution in [0.15, 0.2) is 52.7 Å². The van der Waals surface area contributed by atoms with E-state index < -0.39 is 4.92 Å². The first-order valence-electron chi connectivity index (χ1n) is 8.62. The molecule has 7 nitrogen and oxygen atoms in total. The van der Waals surface area contributed by atoms with Gasteiger partial charge in [0.05, 0.1) is 24.7 Å². The van der Waals surface area contributed by atoms with Crippen LogP contribution in [0.4, 0.5) is 11.4 Å². The highest BCUT2D eigenvalue weighted by atomic mass is 16.6. The zero-order valence-corrected chi connectivity index (χ0v) is 14.6. The van der Waals surface area contributed by atoms with Gasteiger partial charge in [-0.3, -0.25) is 10.1 Å². The number of hydrogen-bond donors (Lipinski definition) is 0. The normalized spacial score (nSPS) is 14.7. The fourth-order valence-corrected chi connectivity index (χ4v) is 2.99. The minimum atomic E-state index is -0.463. The van der Waals surface area contributed by atoms with Gasteiger partial charge in [-0.15, -0.1) is 5.11 Å². The van der Waals surface area contributed by atoms with E-state index in [1.165, 1.54) is 18.9 Å². The second-order valence-corrected chi connectivity index (χ2v) is 6.15. The molecule has 0 saturated heterocycles. The third kappa shape index (κ3) is 4.36. The van der Waals surface area contributed by atoms with Crippen LogP contribution in [0.2, 0.25) is 0 Å². The third-order valence-electron chi connectivity index (χ3n) is 4.33. The Bertz CT molecular complexity index is 801. The monoisotopic (exact) mass is 355 g/mol. The second-order valence-electron chi connectivity index (χ2n) is 6.15. The Morgan fingerprint density at radius 3 is 2.65 bits per heavy atom. The van der Waals surface area contributed by atoms with Crippen molar-refractivity contribution in [2.45, 2.75) is 38.3 Å². The lowest BCUT2D eigenvalue weighted by Gasteiger charge is -2.16. The Morgan fingerprint density at radius 1 is 1.15 bits per heavy atom. The van der Waals surface area contributed by atoms with Crippen LogP contribution in [0, 0.1) is 10.1 Å². The Morgan fingerprint density at radius 2 is 1.92 bits per heavy atom. The van der Waals surface area contributed by atoms with Crippen molar-refractivity contribution in [1.29, 1.82) is 0 Å². The van der Waals surface area contributed by atoms with E-state index in [2.05, 4.69) is 10.2 Å². The molecule has 0 heterocycles. The SMILES string of the molecule is COc1ccc(CN=Nc2ccccc2[N+](=O)[O-])cc1OC1CCCC1. The molecule has 1 aliphatic carbocycles. The Hall–Kier alpha value is -2.96. The number of benzene rings is 2. The highest BCUT2D eigenvalue weighted by molar-refractivity contribution is 5.56. The van der Waals surface area contributed by atoms with Crippen molar-refractivity contribution in [1.82, 2.24) is 0 Å². The van der Waals surface area contributed by atoms with Gasteiger partial charge in [-0.25, -0.2) is 0 Å².